The van der Waals surface area contributed by atoms with E-state index in [0.29, 0.717) is 0 Å². The Morgan fingerprint density at radius 2 is 1.68 bits per heavy atom. The normalized spacial score (nSPS) is 11.2. The van der Waals surface area contributed by atoms with Crippen LogP contribution in [0.15, 0.2) is 77.8 Å². The lowest BCUT2D eigenvalue weighted by Crippen LogP contribution is -2.21. The lowest BCUT2D eigenvalue weighted by molar-refractivity contribution is -0.192. The Hall–Kier alpha value is -3.46. The van der Waals surface area contributed by atoms with E-state index in [1.165, 1.54) is 47.5 Å². The number of benzene rings is 2. The van der Waals surface area contributed by atoms with Crippen LogP contribution in [-0.4, -0.2) is 32.4 Å². The largest absolute Gasteiger partial charge is 0.490 e. The van der Waals surface area contributed by atoms with E-state index in [1.807, 2.05) is 11.8 Å². The van der Waals surface area contributed by atoms with Crippen LogP contribution in [0.3, 0.4) is 0 Å². The molecule has 0 unspecified atom stereocenters. The zero-order valence-corrected chi connectivity index (χ0v) is 22.3. The summed E-state index contributed by atoms with van der Waals surface area (Å²) in [4.78, 5) is 15.2. The summed E-state index contributed by atoms with van der Waals surface area (Å²) in [6, 6.07) is 23.6. The molecule has 9 heteroatoms. The van der Waals surface area contributed by atoms with E-state index in [2.05, 4.69) is 96.5 Å². The molecule has 2 heterocycles. The Kier molecular flexibility index (Phi) is 10.6. The summed E-state index contributed by atoms with van der Waals surface area (Å²) in [6.45, 7) is 5.14. The van der Waals surface area contributed by atoms with Gasteiger partial charge in [0.05, 0.1) is 0 Å². The summed E-state index contributed by atoms with van der Waals surface area (Å²) >= 11 is 1.95. The average Bonchev–Trinajstić information content (AvgIpc) is 3.25. The minimum Gasteiger partial charge on any atom is -0.475 e. The number of pyridine rings is 1. The molecule has 0 saturated heterocycles. The van der Waals surface area contributed by atoms with Crippen LogP contribution >= 0.6 is 11.8 Å². The number of thioether (sulfide) groups is 1. The molecule has 0 aliphatic carbocycles. The highest BCUT2D eigenvalue weighted by Crippen LogP contribution is 2.31. The lowest BCUT2D eigenvalue weighted by atomic mass is 10.1. The fourth-order valence-electron chi connectivity index (χ4n) is 3.73. The first-order chi connectivity index (χ1) is 18.2. The van der Waals surface area contributed by atoms with Crippen molar-refractivity contribution in [1.29, 1.82) is 0 Å². The van der Waals surface area contributed by atoms with Crippen molar-refractivity contribution < 1.29 is 23.1 Å². The van der Waals surface area contributed by atoms with Crippen molar-refractivity contribution in [2.45, 2.75) is 57.1 Å². The van der Waals surface area contributed by atoms with Gasteiger partial charge in [0.1, 0.15) is 17.2 Å². The van der Waals surface area contributed by atoms with E-state index in [-0.39, 0.29) is 0 Å². The number of rotatable bonds is 10. The van der Waals surface area contributed by atoms with Crippen LogP contribution < -0.4 is 5.32 Å². The van der Waals surface area contributed by atoms with Gasteiger partial charge in [0.2, 0.25) is 0 Å². The maximum atomic E-state index is 10.6. The third kappa shape index (κ3) is 8.55. The van der Waals surface area contributed by atoms with E-state index >= 15 is 0 Å². The van der Waals surface area contributed by atoms with Crippen molar-refractivity contribution >= 4 is 29.2 Å². The second-order valence-corrected chi connectivity index (χ2v) is 9.99. The SMILES string of the molecule is CCCCCCSc1ccc(-c2nc3ccc(C)cn3c2NCc2ccccc2)cc1.O=C(O)C(F)(F)F. The zero-order chi connectivity index (χ0) is 27.5. The molecule has 0 amide bonds. The minimum atomic E-state index is -5.08. The van der Waals surface area contributed by atoms with Crippen molar-refractivity contribution in [3.8, 4) is 11.3 Å². The molecule has 0 aliphatic heterocycles. The molecule has 2 aromatic carbocycles. The molecule has 0 atom stereocenters. The molecule has 2 aromatic heterocycles. The first kappa shape index (κ1) is 29.1. The number of hydrogen-bond acceptors (Lipinski definition) is 4. The molecule has 4 aromatic rings. The molecule has 0 saturated carbocycles. The smallest absolute Gasteiger partial charge is 0.475 e. The van der Waals surface area contributed by atoms with Gasteiger partial charge in [0, 0.05) is 23.2 Å². The Morgan fingerprint density at radius 3 is 2.32 bits per heavy atom. The first-order valence-electron chi connectivity index (χ1n) is 12.5. The molecular formula is C29H32F3N3O2S. The molecule has 0 bridgehead atoms. The minimum absolute atomic E-state index is 0.765. The van der Waals surface area contributed by atoms with E-state index in [1.54, 1.807) is 0 Å². The predicted molar refractivity (Wildman–Crippen MR) is 148 cm³/mol. The summed E-state index contributed by atoms with van der Waals surface area (Å²) in [5, 5.41) is 10.8. The van der Waals surface area contributed by atoms with Gasteiger partial charge in [0.25, 0.3) is 0 Å². The van der Waals surface area contributed by atoms with Crippen LogP contribution in [0.4, 0.5) is 19.0 Å². The van der Waals surface area contributed by atoms with Crippen LogP contribution in [0.5, 0.6) is 0 Å². The Morgan fingerprint density at radius 1 is 1.00 bits per heavy atom. The number of nitrogens with zero attached hydrogens (tertiary/aromatic N) is 2. The Bertz CT molecular complexity index is 1310. The summed E-state index contributed by atoms with van der Waals surface area (Å²) in [6.07, 6.45) is 2.32. The van der Waals surface area contributed by atoms with Gasteiger partial charge in [-0.25, -0.2) is 9.78 Å². The standard InChI is InChI=1S/C27H31N3S.C2HF3O2/c1-3-4-5-9-18-31-24-15-13-23(14-16-24)26-27(28-19-22-10-7-6-8-11-22)30-20-21(2)12-17-25(30)29-26;3-2(4,5)1(6)7/h6-8,10-17,20,28H,3-5,9,18-19H2,1-2H3;(H,6,7). The molecule has 2 N–H and O–H groups in total. The van der Waals surface area contributed by atoms with Gasteiger partial charge in [-0.15, -0.1) is 11.8 Å². The number of aromatic nitrogens is 2. The van der Waals surface area contributed by atoms with E-state index in [4.69, 9.17) is 14.9 Å². The lowest BCUT2D eigenvalue weighted by Gasteiger charge is -2.10. The topological polar surface area (TPSA) is 66.6 Å². The van der Waals surface area contributed by atoms with E-state index in [9.17, 15) is 13.2 Å². The average molecular weight is 544 g/mol. The van der Waals surface area contributed by atoms with Crippen LogP contribution in [0, 0.1) is 6.92 Å². The van der Waals surface area contributed by atoms with Crippen molar-refractivity contribution in [2.24, 2.45) is 0 Å². The number of carboxylic acid groups (broad SMARTS) is 1. The number of alkyl halides is 3. The number of nitrogens with one attached hydrogen (secondary N) is 1. The quantitative estimate of drug-likeness (QED) is 0.156. The molecule has 0 radical (unpaired) electrons. The van der Waals surface area contributed by atoms with Gasteiger partial charge >= 0.3 is 12.1 Å². The van der Waals surface area contributed by atoms with Gasteiger partial charge < -0.3 is 10.4 Å². The zero-order valence-electron chi connectivity index (χ0n) is 21.5. The molecule has 202 valence electrons. The highest BCUT2D eigenvalue weighted by molar-refractivity contribution is 7.99. The first-order valence-corrected chi connectivity index (χ1v) is 13.5. The molecule has 38 heavy (non-hydrogen) atoms. The maximum absolute atomic E-state index is 10.6. The number of carbonyl (C=O) groups is 1. The Labute approximate surface area is 225 Å². The van der Waals surface area contributed by atoms with Gasteiger partial charge in [-0.1, -0.05) is 74.7 Å². The molecule has 0 spiro atoms. The van der Waals surface area contributed by atoms with Crippen molar-refractivity contribution in [2.75, 3.05) is 11.1 Å². The van der Waals surface area contributed by atoms with Gasteiger partial charge in [-0.2, -0.15) is 13.2 Å². The number of anilines is 1. The predicted octanol–water partition coefficient (Wildman–Crippen LogP) is 8.23. The highest BCUT2D eigenvalue weighted by atomic mass is 32.2. The monoisotopic (exact) mass is 543 g/mol. The molecule has 5 nitrogen and oxygen atoms in total. The van der Waals surface area contributed by atoms with Crippen LogP contribution in [0.25, 0.3) is 16.9 Å². The van der Waals surface area contributed by atoms with Gasteiger partial charge in [0.15, 0.2) is 0 Å². The summed E-state index contributed by atoms with van der Waals surface area (Å²) < 4.78 is 33.9. The molecule has 0 aliphatic rings. The van der Waals surface area contributed by atoms with E-state index in [0.717, 1.165) is 29.3 Å². The number of carboxylic acids is 1. The number of aryl methyl sites for hydroxylation is 1. The highest BCUT2D eigenvalue weighted by Gasteiger charge is 2.38. The maximum Gasteiger partial charge on any atom is 0.490 e. The number of imidazole rings is 1. The van der Waals surface area contributed by atoms with Crippen LogP contribution in [0.2, 0.25) is 0 Å². The number of unbranched alkanes of at least 4 members (excludes halogenated alkanes) is 3. The number of hydrogen-bond donors (Lipinski definition) is 2. The van der Waals surface area contributed by atoms with Gasteiger partial charge in [-0.3, -0.25) is 4.40 Å². The molecular weight excluding hydrogens is 511 g/mol. The van der Waals surface area contributed by atoms with Crippen molar-refractivity contribution in [3.63, 3.8) is 0 Å². The Balaban J connectivity index is 0.000000505. The number of halogens is 3. The van der Waals surface area contributed by atoms with Gasteiger partial charge in [-0.05, 0) is 48.4 Å². The van der Waals surface area contributed by atoms with Crippen LogP contribution in [0.1, 0.15) is 43.7 Å². The van der Waals surface area contributed by atoms with Crippen LogP contribution in [-0.2, 0) is 11.3 Å². The summed E-state index contributed by atoms with van der Waals surface area (Å²) in [5.74, 6) is -0.522. The van der Waals surface area contributed by atoms with Crippen molar-refractivity contribution in [1.82, 2.24) is 9.38 Å². The molecule has 0 fully saturated rings. The third-order valence-corrected chi connectivity index (χ3v) is 6.80. The van der Waals surface area contributed by atoms with Crippen molar-refractivity contribution in [3.05, 3.63) is 84.1 Å². The third-order valence-electron chi connectivity index (χ3n) is 5.71. The molecule has 4 rings (SSSR count). The number of fused-ring (bicyclic) bond motifs is 1. The fourth-order valence-corrected chi connectivity index (χ4v) is 4.64. The van der Waals surface area contributed by atoms with E-state index < -0.39 is 12.1 Å². The fraction of sp³-hybridized carbons (Fsp3) is 0.310. The number of aliphatic carboxylic acids is 1. The second-order valence-electron chi connectivity index (χ2n) is 8.82. The second kappa shape index (κ2) is 13.9. The summed E-state index contributed by atoms with van der Waals surface area (Å²) in [5.41, 5.74) is 5.58. The summed E-state index contributed by atoms with van der Waals surface area (Å²) in [7, 11) is 0.